The molecular weight excluding hydrogens is 296 g/mol. The molecule has 1 fully saturated rings. The fraction of sp³-hybridized carbons (Fsp3) is 0.583. The second kappa shape index (κ2) is 5.65. The van der Waals surface area contributed by atoms with Crippen molar-refractivity contribution in [1.29, 1.82) is 0 Å². The van der Waals surface area contributed by atoms with Crippen LogP contribution in [0.25, 0.3) is 0 Å². The third-order valence-electron chi connectivity index (χ3n) is 3.02. The third kappa shape index (κ3) is 3.19. The molecule has 5 nitrogen and oxygen atoms in total. The van der Waals surface area contributed by atoms with Crippen molar-refractivity contribution in [3.63, 3.8) is 0 Å². The maximum absolute atomic E-state index is 12.0. The first-order valence-corrected chi connectivity index (χ1v) is 6.85. The van der Waals surface area contributed by atoms with E-state index in [0.29, 0.717) is 12.4 Å². The SMILES string of the molecule is Cc1nc(Br)cc(N(C)CC(=O)N2CCCC2)n1. The molecule has 1 aliphatic rings. The van der Waals surface area contributed by atoms with E-state index in [1.807, 2.05) is 29.8 Å². The number of aromatic nitrogens is 2. The number of carbonyl (C=O) groups is 1. The van der Waals surface area contributed by atoms with Gasteiger partial charge in [-0.2, -0.15) is 0 Å². The van der Waals surface area contributed by atoms with Crippen LogP contribution in [0.15, 0.2) is 10.7 Å². The van der Waals surface area contributed by atoms with Crippen molar-refractivity contribution in [2.75, 3.05) is 31.6 Å². The number of hydrogen-bond donors (Lipinski definition) is 0. The van der Waals surface area contributed by atoms with E-state index in [2.05, 4.69) is 25.9 Å². The minimum absolute atomic E-state index is 0.169. The third-order valence-corrected chi connectivity index (χ3v) is 3.42. The summed E-state index contributed by atoms with van der Waals surface area (Å²) in [5.74, 6) is 1.63. The highest BCUT2D eigenvalue weighted by molar-refractivity contribution is 9.10. The number of halogens is 1. The molecule has 0 aromatic carbocycles. The average Bonchev–Trinajstić information content (AvgIpc) is 2.80. The predicted molar refractivity (Wildman–Crippen MR) is 73.6 cm³/mol. The summed E-state index contributed by atoms with van der Waals surface area (Å²) < 4.78 is 0.741. The highest BCUT2D eigenvalue weighted by atomic mass is 79.9. The zero-order chi connectivity index (χ0) is 13.1. The van der Waals surface area contributed by atoms with Gasteiger partial charge in [0.05, 0.1) is 6.54 Å². The van der Waals surface area contributed by atoms with Crippen molar-refractivity contribution < 1.29 is 4.79 Å². The Morgan fingerprint density at radius 1 is 1.44 bits per heavy atom. The number of carbonyl (C=O) groups excluding carboxylic acids is 1. The van der Waals surface area contributed by atoms with Gasteiger partial charge in [0.25, 0.3) is 0 Å². The van der Waals surface area contributed by atoms with Crippen LogP contribution >= 0.6 is 15.9 Å². The minimum atomic E-state index is 0.169. The van der Waals surface area contributed by atoms with Crippen LogP contribution in [0.4, 0.5) is 5.82 Å². The van der Waals surface area contributed by atoms with Crippen LogP contribution in [-0.2, 0) is 4.79 Å². The average molecular weight is 313 g/mol. The molecule has 1 aromatic rings. The molecule has 98 valence electrons. The molecule has 6 heteroatoms. The van der Waals surface area contributed by atoms with Crippen LogP contribution < -0.4 is 4.90 Å². The molecule has 18 heavy (non-hydrogen) atoms. The molecule has 0 unspecified atom stereocenters. The molecule has 1 aliphatic heterocycles. The molecular formula is C12H17BrN4O. The van der Waals surface area contributed by atoms with Crippen molar-refractivity contribution in [2.24, 2.45) is 0 Å². The van der Waals surface area contributed by atoms with E-state index in [4.69, 9.17) is 0 Å². The maximum atomic E-state index is 12.0. The summed E-state index contributed by atoms with van der Waals surface area (Å²) >= 11 is 3.34. The molecule has 2 rings (SSSR count). The monoisotopic (exact) mass is 312 g/mol. The second-order valence-electron chi connectivity index (χ2n) is 4.54. The van der Waals surface area contributed by atoms with Crippen LogP contribution in [0.3, 0.4) is 0 Å². The van der Waals surface area contributed by atoms with Crippen LogP contribution in [0, 0.1) is 6.92 Å². The van der Waals surface area contributed by atoms with Gasteiger partial charge in [0.15, 0.2) is 0 Å². The lowest BCUT2D eigenvalue weighted by Gasteiger charge is -2.22. The first-order valence-electron chi connectivity index (χ1n) is 6.06. The van der Waals surface area contributed by atoms with E-state index >= 15 is 0 Å². The van der Waals surface area contributed by atoms with Gasteiger partial charge in [-0.05, 0) is 35.7 Å². The molecule has 0 bridgehead atoms. The van der Waals surface area contributed by atoms with Gasteiger partial charge in [0, 0.05) is 26.2 Å². The number of rotatable bonds is 3. The predicted octanol–water partition coefficient (Wildman–Crippen LogP) is 1.61. The number of likely N-dealkylation sites (tertiary alicyclic amines) is 1. The Labute approximate surface area is 115 Å². The number of hydrogen-bond acceptors (Lipinski definition) is 4. The minimum Gasteiger partial charge on any atom is -0.350 e. The Balaban J connectivity index is 2.02. The maximum Gasteiger partial charge on any atom is 0.242 e. The van der Waals surface area contributed by atoms with E-state index in [-0.39, 0.29) is 5.91 Å². The number of amides is 1. The van der Waals surface area contributed by atoms with Gasteiger partial charge in [-0.15, -0.1) is 0 Å². The highest BCUT2D eigenvalue weighted by Gasteiger charge is 2.19. The van der Waals surface area contributed by atoms with Gasteiger partial charge in [-0.25, -0.2) is 9.97 Å². The number of nitrogens with zero attached hydrogens (tertiary/aromatic N) is 4. The number of anilines is 1. The van der Waals surface area contributed by atoms with E-state index < -0.39 is 0 Å². The number of likely N-dealkylation sites (N-methyl/N-ethyl adjacent to an activating group) is 1. The van der Waals surface area contributed by atoms with Crippen molar-refractivity contribution in [3.8, 4) is 0 Å². The van der Waals surface area contributed by atoms with E-state index in [1.54, 1.807) is 0 Å². The van der Waals surface area contributed by atoms with Gasteiger partial charge in [0.2, 0.25) is 5.91 Å². The first-order chi connectivity index (χ1) is 8.56. The molecule has 0 radical (unpaired) electrons. The van der Waals surface area contributed by atoms with Gasteiger partial charge in [-0.1, -0.05) is 0 Å². The quantitative estimate of drug-likeness (QED) is 0.796. The molecule has 1 amide bonds. The summed E-state index contributed by atoms with van der Waals surface area (Å²) in [5.41, 5.74) is 0. The van der Waals surface area contributed by atoms with Crippen molar-refractivity contribution >= 4 is 27.7 Å². The van der Waals surface area contributed by atoms with E-state index in [1.165, 1.54) is 0 Å². The summed E-state index contributed by atoms with van der Waals surface area (Å²) in [7, 11) is 1.88. The van der Waals surface area contributed by atoms with Crippen molar-refractivity contribution in [3.05, 3.63) is 16.5 Å². The van der Waals surface area contributed by atoms with Gasteiger partial charge >= 0.3 is 0 Å². The topological polar surface area (TPSA) is 49.3 Å². The Hall–Kier alpha value is -1.17. The molecule has 0 saturated carbocycles. The van der Waals surface area contributed by atoms with E-state index in [9.17, 15) is 4.79 Å². The van der Waals surface area contributed by atoms with E-state index in [0.717, 1.165) is 36.4 Å². The summed E-state index contributed by atoms with van der Waals surface area (Å²) in [6, 6.07) is 1.82. The summed E-state index contributed by atoms with van der Waals surface area (Å²) in [5, 5.41) is 0. The molecule has 0 aliphatic carbocycles. The van der Waals surface area contributed by atoms with Gasteiger partial charge in [0.1, 0.15) is 16.2 Å². The lowest BCUT2D eigenvalue weighted by atomic mass is 10.4. The lowest BCUT2D eigenvalue weighted by Crippen LogP contribution is -2.37. The Kier molecular flexibility index (Phi) is 4.16. The summed E-state index contributed by atoms with van der Waals surface area (Å²) in [6.45, 7) is 3.98. The van der Waals surface area contributed by atoms with Crippen LogP contribution in [0.2, 0.25) is 0 Å². The Morgan fingerprint density at radius 3 is 2.72 bits per heavy atom. The summed E-state index contributed by atoms with van der Waals surface area (Å²) in [4.78, 5) is 24.3. The van der Waals surface area contributed by atoms with Gasteiger partial charge < -0.3 is 9.80 Å². The fourth-order valence-corrected chi connectivity index (χ4v) is 2.52. The van der Waals surface area contributed by atoms with Crippen LogP contribution in [0.1, 0.15) is 18.7 Å². The molecule has 1 saturated heterocycles. The van der Waals surface area contributed by atoms with Crippen LogP contribution in [-0.4, -0.2) is 47.5 Å². The largest absolute Gasteiger partial charge is 0.350 e. The smallest absolute Gasteiger partial charge is 0.242 e. The fourth-order valence-electron chi connectivity index (χ4n) is 2.06. The molecule has 1 aromatic heterocycles. The van der Waals surface area contributed by atoms with Crippen LogP contribution in [0.5, 0.6) is 0 Å². The number of aryl methyl sites for hydroxylation is 1. The normalized spacial score (nSPS) is 14.9. The van der Waals surface area contributed by atoms with Crippen molar-refractivity contribution in [1.82, 2.24) is 14.9 Å². The molecule has 0 atom stereocenters. The zero-order valence-electron chi connectivity index (χ0n) is 10.7. The van der Waals surface area contributed by atoms with Crippen molar-refractivity contribution in [2.45, 2.75) is 19.8 Å². The molecule has 0 N–H and O–H groups in total. The van der Waals surface area contributed by atoms with Gasteiger partial charge in [-0.3, -0.25) is 4.79 Å². The molecule has 0 spiro atoms. The Bertz CT molecular complexity index is 425. The first kappa shape index (κ1) is 13.3. The molecule has 2 heterocycles. The highest BCUT2D eigenvalue weighted by Crippen LogP contribution is 2.16. The zero-order valence-corrected chi connectivity index (χ0v) is 12.3. The standard InChI is InChI=1S/C12H17BrN4O/c1-9-14-10(13)7-11(15-9)16(2)8-12(18)17-5-3-4-6-17/h7H,3-6,8H2,1-2H3. The lowest BCUT2D eigenvalue weighted by molar-refractivity contribution is -0.128. The Morgan fingerprint density at radius 2 is 2.11 bits per heavy atom. The second-order valence-corrected chi connectivity index (χ2v) is 5.35. The summed E-state index contributed by atoms with van der Waals surface area (Å²) in [6.07, 6.45) is 2.24.